The molecule has 1 heterocycles. The molecule has 0 aliphatic heterocycles. The van der Waals surface area contributed by atoms with Crippen LogP contribution in [0.2, 0.25) is 0 Å². The van der Waals surface area contributed by atoms with Crippen molar-refractivity contribution in [2.75, 3.05) is 0 Å². The maximum atomic E-state index is 12.2. The summed E-state index contributed by atoms with van der Waals surface area (Å²) in [6, 6.07) is 9.03. The Labute approximate surface area is 145 Å². The number of hydrogen-bond donors (Lipinski definition) is 3. The van der Waals surface area contributed by atoms with Gasteiger partial charge in [0.2, 0.25) is 0 Å². The molecule has 1 amide bonds. The van der Waals surface area contributed by atoms with Crippen LogP contribution >= 0.6 is 0 Å². The third-order valence-electron chi connectivity index (χ3n) is 4.12. The van der Waals surface area contributed by atoms with Crippen LogP contribution in [0.15, 0.2) is 41.8 Å². The number of carbonyl (C=O) groups excluding carboxylic acids is 1. The highest BCUT2D eigenvalue weighted by atomic mass is 16.3. The molecule has 6 nitrogen and oxygen atoms in total. The van der Waals surface area contributed by atoms with Crippen molar-refractivity contribution in [3.63, 3.8) is 0 Å². The lowest BCUT2D eigenvalue weighted by Gasteiger charge is -2.12. The molecule has 0 bridgehead atoms. The average Bonchev–Trinajstić information content (AvgIpc) is 3.05. The van der Waals surface area contributed by atoms with Gasteiger partial charge < -0.3 is 10.1 Å². The molecule has 0 aliphatic carbocycles. The van der Waals surface area contributed by atoms with E-state index in [0.717, 1.165) is 22.2 Å². The number of nitrogens with one attached hydrogen (secondary N) is 2. The summed E-state index contributed by atoms with van der Waals surface area (Å²) in [4.78, 5) is 19.3. The van der Waals surface area contributed by atoms with Crippen molar-refractivity contribution in [1.82, 2.24) is 15.4 Å². The van der Waals surface area contributed by atoms with Crippen LogP contribution in [0.4, 0.5) is 0 Å². The molecule has 0 saturated carbocycles. The maximum Gasteiger partial charge on any atom is 0.271 e. The van der Waals surface area contributed by atoms with Crippen molar-refractivity contribution in [2.24, 2.45) is 5.10 Å². The zero-order chi connectivity index (χ0) is 18.0. The summed E-state index contributed by atoms with van der Waals surface area (Å²) < 4.78 is 0. The van der Waals surface area contributed by atoms with Crippen LogP contribution in [-0.2, 0) is 0 Å². The van der Waals surface area contributed by atoms with Crippen molar-refractivity contribution < 1.29 is 9.90 Å². The molecule has 25 heavy (non-hydrogen) atoms. The molecule has 3 rings (SSSR count). The molecule has 0 unspecified atom stereocenters. The average molecular weight is 336 g/mol. The third-order valence-corrected chi connectivity index (χ3v) is 4.12. The molecule has 1 aromatic heterocycles. The number of hydrazone groups is 1. The minimum atomic E-state index is -0.328. The van der Waals surface area contributed by atoms with Crippen molar-refractivity contribution >= 4 is 23.2 Å². The number of aryl methyl sites for hydroxylation is 1. The Kier molecular flexibility index (Phi) is 4.52. The van der Waals surface area contributed by atoms with Crippen LogP contribution in [0.1, 0.15) is 46.8 Å². The summed E-state index contributed by atoms with van der Waals surface area (Å²) in [7, 11) is 0. The molecular formula is C19H20N4O2. The second-order valence-electron chi connectivity index (χ2n) is 6.22. The van der Waals surface area contributed by atoms with Crippen LogP contribution in [0.3, 0.4) is 0 Å². The third kappa shape index (κ3) is 3.38. The van der Waals surface area contributed by atoms with Gasteiger partial charge in [0, 0.05) is 11.1 Å². The number of aromatic nitrogens is 2. The summed E-state index contributed by atoms with van der Waals surface area (Å²) in [5, 5.41) is 14.3. The predicted octanol–water partition coefficient (Wildman–Crippen LogP) is 3.46. The predicted molar refractivity (Wildman–Crippen MR) is 98.1 cm³/mol. The maximum absolute atomic E-state index is 12.2. The molecule has 2 aromatic carbocycles. The van der Waals surface area contributed by atoms with E-state index in [-0.39, 0.29) is 17.6 Å². The van der Waals surface area contributed by atoms with E-state index in [1.54, 1.807) is 24.5 Å². The van der Waals surface area contributed by atoms with E-state index in [0.29, 0.717) is 11.1 Å². The fourth-order valence-corrected chi connectivity index (χ4v) is 2.67. The lowest BCUT2D eigenvalue weighted by atomic mass is 9.95. The van der Waals surface area contributed by atoms with E-state index < -0.39 is 0 Å². The number of fused-ring (bicyclic) bond motifs is 1. The first-order valence-electron chi connectivity index (χ1n) is 8.06. The van der Waals surface area contributed by atoms with Crippen molar-refractivity contribution in [3.8, 4) is 5.75 Å². The Bertz CT molecular complexity index is 957. The topological polar surface area (TPSA) is 90.4 Å². The van der Waals surface area contributed by atoms with E-state index in [9.17, 15) is 9.90 Å². The van der Waals surface area contributed by atoms with E-state index in [1.165, 1.54) is 6.21 Å². The van der Waals surface area contributed by atoms with Gasteiger partial charge in [0.1, 0.15) is 5.75 Å². The van der Waals surface area contributed by atoms with Gasteiger partial charge in [-0.3, -0.25) is 4.79 Å². The van der Waals surface area contributed by atoms with Gasteiger partial charge in [0.05, 0.1) is 23.6 Å². The Balaban J connectivity index is 1.81. The van der Waals surface area contributed by atoms with Crippen molar-refractivity contribution in [3.05, 3.63) is 58.9 Å². The van der Waals surface area contributed by atoms with Gasteiger partial charge in [-0.1, -0.05) is 26.0 Å². The molecule has 0 atom stereocenters. The standard InChI is InChI=1S/C19H20N4O2/c1-11(2)14-6-4-12(3)18(24)15(14)9-22-23-19(25)13-5-7-16-17(8-13)21-10-20-16/h4-11,24H,1-3H3,(H,20,21)(H,23,25)/b22-9+. The molecule has 0 spiro atoms. The minimum absolute atomic E-state index is 0.183. The number of aromatic hydroxyl groups is 1. The smallest absolute Gasteiger partial charge is 0.271 e. The summed E-state index contributed by atoms with van der Waals surface area (Å²) in [5.41, 5.74) is 6.93. The molecule has 0 aliphatic rings. The molecule has 0 fully saturated rings. The molecule has 0 radical (unpaired) electrons. The number of rotatable bonds is 4. The molecule has 3 N–H and O–H groups in total. The van der Waals surface area contributed by atoms with Crippen LogP contribution in [0.5, 0.6) is 5.75 Å². The first-order chi connectivity index (χ1) is 12.0. The first kappa shape index (κ1) is 16.7. The van der Waals surface area contributed by atoms with Gasteiger partial charge in [-0.05, 0) is 42.2 Å². The number of carbonyl (C=O) groups is 1. The number of nitrogens with zero attached hydrogens (tertiary/aromatic N) is 2. The Morgan fingerprint density at radius 1 is 1.32 bits per heavy atom. The number of phenolic OH excluding ortho intramolecular Hbond substituents is 1. The van der Waals surface area contributed by atoms with Gasteiger partial charge in [0.15, 0.2) is 0 Å². The monoisotopic (exact) mass is 336 g/mol. The van der Waals surface area contributed by atoms with Gasteiger partial charge in [-0.15, -0.1) is 0 Å². The second-order valence-corrected chi connectivity index (χ2v) is 6.22. The normalized spacial score (nSPS) is 11.5. The quantitative estimate of drug-likeness (QED) is 0.503. The summed E-state index contributed by atoms with van der Waals surface area (Å²) in [6.45, 7) is 5.91. The van der Waals surface area contributed by atoms with E-state index in [4.69, 9.17) is 0 Å². The SMILES string of the molecule is Cc1ccc(C(C)C)c(/C=N/NC(=O)c2ccc3nc[nH]c3c2)c1O. The van der Waals surface area contributed by atoms with Gasteiger partial charge in [-0.2, -0.15) is 5.10 Å². The fraction of sp³-hybridized carbons (Fsp3) is 0.211. The zero-order valence-corrected chi connectivity index (χ0v) is 14.4. The van der Waals surface area contributed by atoms with Crippen LogP contribution in [0, 0.1) is 6.92 Å². The molecule has 6 heteroatoms. The number of imidazole rings is 1. The highest BCUT2D eigenvalue weighted by Gasteiger charge is 2.12. The lowest BCUT2D eigenvalue weighted by Crippen LogP contribution is -2.17. The Hall–Kier alpha value is -3.15. The van der Waals surface area contributed by atoms with Crippen LogP contribution in [0.25, 0.3) is 11.0 Å². The number of H-pyrrole nitrogens is 1. The molecule has 128 valence electrons. The van der Waals surface area contributed by atoms with Gasteiger partial charge >= 0.3 is 0 Å². The first-order valence-corrected chi connectivity index (χ1v) is 8.06. The fourth-order valence-electron chi connectivity index (χ4n) is 2.67. The highest BCUT2D eigenvalue weighted by molar-refractivity contribution is 5.98. The zero-order valence-electron chi connectivity index (χ0n) is 14.4. The summed E-state index contributed by atoms with van der Waals surface area (Å²) >= 11 is 0. The van der Waals surface area contributed by atoms with Crippen molar-refractivity contribution in [2.45, 2.75) is 26.7 Å². The van der Waals surface area contributed by atoms with E-state index in [1.807, 2.05) is 32.9 Å². The largest absolute Gasteiger partial charge is 0.507 e. The van der Waals surface area contributed by atoms with E-state index >= 15 is 0 Å². The summed E-state index contributed by atoms with van der Waals surface area (Å²) in [5.74, 6) is 0.0838. The molecule has 3 aromatic rings. The van der Waals surface area contributed by atoms with Crippen LogP contribution < -0.4 is 5.43 Å². The Morgan fingerprint density at radius 3 is 2.88 bits per heavy atom. The number of amides is 1. The number of phenols is 1. The number of hydrogen-bond acceptors (Lipinski definition) is 4. The second kappa shape index (κ2) is 6.76. The number of benzene rings is 2. The number of aromatic amines is 1. The minimum Gasteiger partial charge on any atom is -0.507 e. The lowest BCUT2D eigenvalue weighted by molar-refractivity contribution is 0.0955. The van der Waals surface area contributed by atoms with Gasteiger partial charge in [0.25, 0.3) is 5.91 Å². The van der Waals surface area contributed by atoms with Gasteiger partial charge in [-0.25, -0.2) is 10.4 Å². The highest BCUT2D eigenvalue weighted by Crippen LogP contribution is 2.28. The summed E-state index contributed by atoms with van der Waals surface area (Å²) in [6.07, 6.45) is 3.07. The van der Waals surface area contributed by atoms with E-state index in [2.05, 4.69) is 20.5 Å². The van der Waals surface area contributed by atoms with Crippen molar-refractivity contribution in [1.29, 1.82) is 0 Å². The molecule has 0 saturated heterocycles. The Morgan fingerprint density at radius 2 is 2.12 bits per heavy atom. The van der Waals surface area contributed by atoms with Crippen LogP contribution in [-0.4, -0.2) is 27.2 Å². The molecular weight excluding hydrogens is 316 g/mol.